The highest BCUT2D eigenvalue weighted by Gasteiger charge is 2.02. The van der Waals surface area contributed by atoms with Crippen molar-refractivity contribution in [2.75, 3.05) is 0 Å². The van der Waals surface area contributed by atoms with Gasteiger partial charge in [0.2, 0.25) is 0 Å². The molecule has 0 spiro atoms. The minimum absolute atomic E-state index is 0.0994. The maximum atomic E-state index is 5.90. The van der Waals surface area contributed by atoms with Crippen LogP contribution < -0.4 is 5.73 Å². The van der Waals surface area contributed by atoms with Crippen molar-refractivity contribution in [2.24, 2.45) is 5.73 Å². The molecule has 1 rings (SSSR count). The summed E-state index contributed by atoms with van der Waals surface area (Å²) in [6.07, 6.45) is 2.69. The molecule has 0 aliphatic rings. The van der Waals surface area contributed by atoms with Crippen LogP contribution in [0.15, 0.2) is 36.9 Å². The molecule has 0 saturated heterocycles. The predicted molar refractivity (Wildman–Crippen MR) is 52.9 cm³/mol. The largest absolute Gasteiger partial charge is 0.324 e. The van der Waals surface area contributed by atoms with E-state index in [2.05, 4.69) is 31.7 Å². The first-order valence-corrected chi connectivity index (χ1v) is 4.17. The molecule has 0 fully saturated rings. The molecule has 0 aliphatic carbocycles. The summed E-state index contributed by atoms with van der Waals surface area (Å²) in [7, 11) is 0. The molecule has 2 N–H and O–H groups in total. The summed E-state index contributed by atoms with van der Waals surface area (Å²) in [5, 5.41) is 0. The van der Waals surface area contributed by atoms with Gasteiger partial charge in [0.15, 0.2) is 0 Å². The van der Waals surface area contributed by atoms with Gasteiger partial charge in [-0.1, -0.05) is 35.9 Å². The van der Waals surface area contributed by atoms with Gasteiger partial charge in [0.25, 0.3) is 0 Å². The van der Waals surface area contributed by atoms with Gasteiger partial charge in [-0.2, -0.15) is 0 Å². The molecule has 1 atom stereocenters. The fourth-order valence-corrected chi connectivity index (χ4v) is 1.22. The maximum Gasteiger partial charge on any atom is 0.0329 e. The zero-order chi connectivity index (χ0) is 8.97. The van der Waals surface area contributed by atoms with Gasteiger partial charge in [0.1, 0.15) is 0 Å². The molecule has 0 aromatic heterocycles. The van der Waals surface area contributed by atoms with E-state index in [1.807, 2.05) is 12.1 Å². The Morgan fingerprint density at radius 1 is 1.58 bits per heavy atom. The fraction of sp³-hybridized carbons (Fsp3) is 0.273. The normalized spacial score (nSPS) is 12.5. The van der Waals surface area contributed by atoms with Gasteiger partial charge >= 0.3 is 0 Å². The van der Waals surface area contributed by atoms with Gasteiger partial charge in [-0.05, 0) is 18.9 Å². The van der Waals surface area contributed by atoms with Crippen molar-refractivity contribution in [3.8, 4) is 0 Å². The van der Waals surface area contributed by atoms with Crippen LogP contribution in [0.2, 0.25) is 0 Å². The zero-order valence-electron chi connectivity index (χ0n) is 7.46. The molecule has 0 bridgehead atoms. The maximum absolute atomic E-state index is 5.90. The third kappa shape index (κ3) is 2.21. The molecule has 0 unspecified atom stereocenters. The monoisotopic (exact) mass is 161 g/mol. The summed E-state index contributed by atoms with van der Waals surface area (Å²) in [4.78, 5) is 0. The minimum Gasteiger partial charge on any atom is -0.324 e. The smallest absolute Gasteiger partial charge is 0.0329 e. The van der Waals surface area contributed by atoms with E-state index in [1.165, 1.54) is 11.1 Å². The predicted octanol–water partition coefficient (Wildman–Crippen LogP) is 2.57. The van der Waals surface area contributed by atoms with Gasteiger partial charge < -0.3 is 5.73 Å². The molecule has 0 amide bonds. The van der Waals surface area contributed by atoms with Crippen molar-refractivity contribution in [3.63, 3.8) is 0 Å². The molecule has 1 aromatic carbocycles. The number of benzene rings is 1. The number of nitrogens with two attached hydrogens (primary N) is 1. The second-order valence-corrected chi connectivity index (χ2v) is 3.05. The van der Waals surface area contributed by atoms with Crippen molar-refractivity contribution in [1.82, 2.24) is 0 Å². The molecule has 1 aromatic rings. The van der Waals surface area contributed by atoms with Crippen LogP contribution in [-0.4, -0.2) is 0 Å². The Hall–Kier alpha value is -1.08. The topological polar surface area (TPSA) is 26.0 Å². The van der Waals surface area contributed by atoms with Crippen LogP contribution in [0.3, 0.4) is 0 Å². The average Bonchev–Trinajstić information content (AvgIpc) is 2.05. The van der Waals surface area contributed by atoms with Crippen molar-refractivity contribution >= 4 is 0 Å². The van der Waals surface area contributed by atoms with E-state index in [-0.39, 0.29) is 6.04 Å². The summed E-state index contributed by atoms with van der Waals surface area (Å²) in [5.74, 6) is 0. The van der Waals surface area contributed by atoms with Gasteiger partial charge in [0, 0.05) is 6.04 Å². The average molecular weight is 161 g/mol. The Kier molecular flexibility index (Phi) is 3.06. The quantitative estimate of drug-likeness (QED) is 0.677. The summed E-state index contributed by atoms with van der Waals surface area (Å²) in [6, 6.07) is 8.38. The molecule has 12 heavy (non-hydrogen) atoms. The molecule has 0 heterocycles. The van der Waals surface area contributed by atoms with Crippen LogP contribution in [0.5, 0.6) is 0 Å². The summed E-state index contributed by atoms with van der Waals surface area (Å²) in [6.45, 7) is 5.74. The third-order valence-electron chi connectivity index (χ3n) is 1.89. The highest BCUT2D eigenvalue weighted by molar-refractivity contribution is 5.25. The molecule has 1 nitrogen and oxygen atoms in total. The SMILES string of the molecule is C=CC[C@H](N)c1cccc(C)c1. The van der Waals surface area contributed by atoms with Crippen molar-refractivity contribution in [2.45, 2.75) is 19.4 Å². The highest BCUT2D eigenvalue weighted by Crippen LogP contribution is 2.14. The van der Waals surface area contributed by atoms with Crippen LogP contribution in [0.4, 0.5) is 0 Å². The second kappa shape index (κ2) is 4.07. The van der Waals surface area contributed by atoms with Gasteiger partial charge in [-0.3, -0.25) is 0 Å². The van der Waals surface area contributed by atoms with E-state index in [4.69, 9.17) is 5.73 Å². The Morgan fingerprint density at radius 3 is 2.92 bits per heavy atom. The molecule has 1 heteroatoms. The minimum atomic E-state index is 0.0994. The van der Waals surface area contributed by atoms with Crippen molar-refractivity contribution in [3.05, 3.63) is 48.0 Å². The molecule has 0 aliphatic heterocycles. The lowest BCUT2D eigenvalue weighted by molar-refractivity contribution is 0.741. The number of hydrogen-bond donors (Lipinski definition) is 1. The van der Waals surface area contributed by atoms with Crippen LogP contribution >= 0.6 is 0 Å². The van der Waals surface area contributed by atoms with Gasteiger partial charge in [0.05, 0.1) is 0 Å². The molecular weight excluding hydrogens is 146 g/mol. The van der Waals surface area contributed by atoms with E-state index in [0.29, 0.717) is 0 Å². The number of rotatable bonds is 3. The van der Waals surface area contributed by atoms with Gasteiger partial charge in [-0.25, -0.2) is 0 Å². The highest BCUT2D eigenvalue weighted by atomic mass is 14.6. The number of aryl methyl sites for hydroxylation is 1. The zero-order valence-corrected chi connectivity index (χ0v) is 7.46. The first-order valence-electron chi connectivity index (χ1n) is 4.17. The lowest BCUT2D eigenvalue weighted by Gasteiger charge is -2.09. The number of hydrogen-bond acceptors (Lipinski definition) is 1. The fourth-order valence-electron chi connectivity index (χ4n) is 1.22. The van der Waals surface area contributed by atoms with E-state index in [0.717, 1.165) is 6.42 Å². The lowest BCUT2D eigenvalue weighted by Crippen LogP contribution is -2.08. The van der Waals surface area contributed by atoms with Crippen molar-refractivity contribution < 1.29 is 0 Å². The third-order valence-corrected chi connectivity index (χ3v) is 1.89. The van der Waals surface area contributed by atoms with E-state index >= 15 is 0 Å². The van der Waals surface area contributed by atoms with Gasteiger partial charge in [-0.15, -0.1) is 6.58 Å². The van der Waals surface area contributed by atoms with Crippen LogP contribution in [-0.2, 0) is 0 Å². The lowest BCUT2D eigenvalue weighted by atomic mass is 10.0. The molecule has 0 radical (unpaired) electrons. The van der Waals surface area contributed by atoms with Crippen molar-refractivity contribution in [1.29, 1.82) is 0 Å². The summed E-state index contributed by atoms with van der Waals surface area (Å²) in [5.41, 5.74) is 8.35. The first-order chi connectivity index (χ1) is 5.74. The Balaban J connectivity index is 2.80. The first kappa shape index (κ1) is 9.01. The summed E-state index contributed by atoms with van der Waals surface area (Å²) < 4.78 is 0. The van der Waals surface area contributed by atoms with Crippen LogP contribution in [0.1, 0.15) is 23.6 Å². The van der Waals surface area contributed by atoms with E-state index < -0.39 is 0 Å². The van der Waals surface area contributed by atoms with E-state index in [9.17, 15) is 0 Å². The standard InChI is InChI=1S/C11H15N/c1-3-5-11(12)10-7-4-6-9(2)8-10/h3-4,6-8,11H,1,5,12H2,2H3/t11-/m0/s1. The van der Waals surface area contributed by atoms with E-state index in [1.54, 1.807) is 0 Å². The molecular formula is C11H15N. The molecule has 0 saturated carbocycles. The molecule has 64 valence electrons. The Bertz CT molecular complexity index is 265. The Labute approximate surface area is 73.9 Å². The summed E-state index contributed by atoms with van der Waals surface area (Å²) >= 11 is 0. The Morgan fingerprint density at radius 2 is 2.33 bits per heavy atom. The van der Waals surface area contributed by atoms with Crippen LogP contribution in [0, 0.1) is 6.92 Å². The second-order valence-electron chi connectivity index (χ2n) is 3.05. The van der Waals surface area contributed by atoms with Crippen LogP contribution in [0.25, 0.3) is 0 Å².